The van der Waals surface area contributed by atoms with Crippen LogP contribution in [0.1, 0.15) is 42.5 Å². The third kappa shape index (κ3) is 4.74. The van der Waals surface area contributed by atoms with Crippen LogP contribution in [0, 0.1) is 6.92 Å². The van der Waals surface area contributed by atoms with E-state index >= 15 is 0 Å². The number of amides is 1. The molecule has 4 rings (SSSR count). The minimum atomic E-state index is 0.0748. The van der Waals surface area contributed by atoms with Crippen molar-refractivity contribution in [2.45, 2.75) is 33.2 Å². The van der Waals surface area contributed by atoms with Crippen LogP contribution >= 0.6 is 0 Å². The van der Waals surface area contributed by atoms with E-state index in [1.54, 1.807) is 6.20 Å². The quantitative estimate of drug-likeness (QED) is 0.659. The molecular formula is C23H29N7O. The van der Waals surface area contributed by atoms with Gasteiger partial charge in [0.15, 0.2) is 0 Å². The zero-order valence-electron chi connectivity index (χ0n) is 18.3. The Balaban J connectivity index is 1.49. The molecule has 0 atom stereocenters. The Labute approximate surface area is 182 Å². The Morgan fingerprint density at radius 1 is 1.10 bits per heavy atom. The van der Waals surface area contributed by atoms with Gasteiger partial charge in [0.2, 0.25) is 5.95 Å². The Morgan fingerprint density at radius 2 is 1.90 bits per heavy atom. The molecule has 8 heteroatoms. The number of aryl methyl sites for hydroxylation is 1. The normalized spacial score (nSPS) is 14.5. The van der Waals surface area contributed by atoms with Gasteiger partial charge in [-0.3, -0.25) is 4.79 Å². The number of imidazole rings is 1. The Kier molecular flexibility index (Phi) is 6.27. The standard InChI is InChI=1S/C23H29N7O/c1-16(2)30-17(3)26-15-21(30)20-9-11-25-23(28-20)27-19-7-5-18(6-8-19)22(31)29-13-4-10-24-12-14-29/h5-9,11,15-16,24H,4,10,12-14H2,1-3H3,(H,25,27,28). The van der Waals surface area contributed by atoms with Crippen LogP contribution in [0.3, 0.4) is 0 Å². The van der Waals surface area contributed by atoms with Crippen molar-refractivity contribution in [2.75, 3.05) is 31.5 Å². The molecule has 162 valence electrons. The Morgan fingerprint density at radius 3 is 2.68 bits per heavy atom. The molecule has 1 amide bonds. The molecule has 8 nitrogen and oxygen atoms in total. The van der Waals surface area contributed by atoms with Crippen molar-refractivity contribution in [1.82, 2.24) is 29.7 Å². The van der Waals surface area contributed by atoms with Gasteiger partial charge in [-0.25, -0.2) is 15.0 Å². The van der Waals surface area contributed by atoms with E-state index in [9.17, 15) is 4.79 Å². The number of nitrogens with zero attached hydrogens (tertiary/aromatic N) is 5. The summed E-state index contributed by atoms with van der Waals surface area (Å²) in [4.78, 5) is 28.1. The first-order valence-corrected chi connectivity index (χ1v) is 10.8. The van der Waals surface area contributed by atoms with E-state index in [0.29, 0.717) is 11.5 Å². The van der Waals surface area contributed by atoms with Gasteiger partial charge in [0.1, 0.15) is 5.82 Å². The van der Waals surface area contributed by atoms with E-state index in [2.05, 4.69) is 44.0 Å². The van der Waals surface area contributed by atoms with Crippen LogP contribution in [0.4, 0.5) is 11.6 Å². The maximum atomic E-state index is 12.8. The number of aromatic nitrogens is 4. The van der Waals surface area contributed by atoms with Gasteiger partial charge in [-0.15, -0.1) is 0 Å². The summed E-state index contributed by atoms with van der Waals surface area (Å²) in [6.45, 7) is 9.59. The average molecular weight is 420 g/mol. The van der Waals surface area contributed by atoms with Crippen molar-refractivity contribution in [3.63, 3.8) is 0 Å². The van der Waals surface area contributed by atoms with Crippen LogP contribution in [0.25, 0.3) is 11.4 Å². The highest BCUT2D eigenvalue weighted by Gasteiger charge is 2.17. The molecular weight excluding hydrogens is 390 g/mol. The molecule has 0 unspecified atom stereocenters. The van der Waals surface area contributed by atoms with Gasteiger partial charge >= 0.3 is 0 Å². The van der Waals surface area contributed by atoms with Gasteiger partial charge in [0, 0.05) is 43.1 Å². The molecule has 1 aliphatic heterocycles. The summed E-state index contributed by atoms with van der Waals surface area (Å²) in [6.07, 6.45) is 4.57. The molecule has 0 radical (unpaired) electrons. The minimum Gasteiger partial charge on any atom is -0.337 e. The second-order valence-electron chi connectivity index (χ2n) is 8.02. The largest absolute Gasteiger partial charge is 0.337 e. The van der Waals surface area contributed by atoms with Crippen LogP contribution < -0.4 is 10.6 Å². The van der Waals surface area contributed by atoms with Gasteiger partial charge < -0.3 is 20.1 Å². The van der Waals surface area contributed by atoms with E-state index in [1.807, 2.05) is 48.4 Å². The molecule has 31 heavy (non-hydrogen) atoms. The van der Waals surface area contributed by atoms with Gasteiger partial charge in [0.05, 0.1) is 17.6 Å². The Hall–Kier alpha value is -3.26. The first-order chi connectivity index (χ1) is 15.0. The zero-order chi connectivity index (χ0) is 21.8. The molecule has 3 aromatic rings. The van der Waals surface area contributed by atoms with Crippen LogP contribution in [0.2, 0.25) is 0 Å². The highest BCUT2D eigenvalue weighted by atomic mass is 16.2. The van der Waals surface area contributed by atoms with Crippen molar-refractivity contribution < 1.29 is 4.79 Å². The number of hydrogen-bond donors (Lipinski definition) is 2. The second-order valence-corrected chi connectivity index (χ2v) is 8.02. The summed E-state index contributed by atoms with van der Waals surface area (Å²) < 4.78 is 2.16. The number of nitrogens with one attached hydrogen (secondary N) is 2. The molecule has 2 aromatic heterocycles. The minimum absolute atomic E-state index is 0.0748. The topological polar surface area (TPSA) is 88.0 Å². The third-order valence-corrected chi connectivity index (χ3v) is 5.43. The average Bonchev–Trinajstić information content (AvgIpc) is 2.97. The predicted molar refractivity (Wildman–Crippen MR) is 121 cm³/mol. The number of carbonyl (C=O) groups is 1. The van der Waals surface area contributed by atoms with Crippen LogP contribution in [0.15, 0.2) is 42.7 Å². The number of carbonyl (C=O) groups excluding carboxylic acids is 1. The van der Waals surface area contributed by atoms with E-state index in [4.69, 9.17) is 0 Å². The van der Waals surface area contributed by atoms with Crippen molar-refractivity contribution >= 4 is 17.5 Å². The molecule has 0 aliphatic carbocycles. The van der Waals surface area contributed by atoms with E-state index in [-0.39, 0.29) is 11.9 Å². The molecule has 1 aliphatic rings. The lowest BCUT2D eigenvalue weighted by atomic mass is 10.1. The second kappa shape index (κ2) is 9.26. The number of anilines is 2. The molecule has 2 N–H and O–H groups in total. The number of benzene rings is 1. The maximum Gasteiger partial charge on any atom is 0.253 e. The van der Waals surface area contributed by atoms with E-state index < -0.39 is 0 Å². The summed E-state index contributed by atoms with van der Waals surface area (Å²) in [6, 6.07) is 9.66. The van der Waals surface area contributed by atoms with Crippen molar-refractivity contribution in [3.05, 3.63) is 54.1 Å². The summed E-state index contributed by atoms with van der Waals surface area (Å²) in [5.74, 6) is 1.54. The van der Waals surface area contributed by atoms with E-state index in [0.717, 1.165) is 55.5 Å². The highest BCUT2D eigenvalue weighted by molar-refractivity contribution is 5.94. The first kappa shape index (κ1) is 21.0. The van der Waals surface area contributed by atoms with Gasteiger partial charge in [0.25, 0.3) is 5.91 Å². The van der Waals surface area contributed by atoms with Crippen molar-refractivity contribution in [3.8, 4) is 11.4 Å². The molecule has 0 spiro atoms. The summed E-state index contributed by atoms with van der Waals surface area (Å²) in [5.41, 5.74) is 3.30. The molecule has 1 aromatic carbocycles. The van der Waals surface area contributed by atoms with Gasteiger partial charge in [-0.2, -0.15) is 0 Å². The lowest BCUT2D eigenvalue weighted by Gasteiger charge is -2.20. The number of hydrogen-bond acceptors (Lipinski definition) is 6. The molecule has 1 saturated heterocycles. The third-order valence-electron chi connectivity index (χ3n) is 5.43. The van der Waals surface area contributed by atoms with Crippen molar-refractivity contribution in [1.29, 1.82) is 0 Å². The SMILES string of the molecule is Cc1ncc(-c2ccnc(Nc3ccc(C(=O)N4CCCNCC4)cc3)n2)n1C(C)C. The first-order valence-electron chi connectivity index (χ1n) is 10.8. The lowest BCUT2D eigenvalue weighted by molar-refractivity contribution is 0.0766. The monoisotopic (exact) mass is 419 g/mol. The molecule has 0 bridgehead atoms. The van der Waals surface area contributed by atoms with E-state index in [1.165, 1.54) is 0 Å². The van der Waals surface area contributed by atoms with Gasteiger partial charge in [-0.1, -0.05) is 0 Å². The fourth-order valence-corrected chi connectivity index (χ4v) is 3.91. The molecule has 0 saturated carbocycles. The van der Waals surface area contributed by atoms with Gasteiger partial charge in [-0.05, 0) is 64.1 Å². The zero-order valence-corrected chi connectivity index (χ0v) is 18.3. The van der Waals surface area contributed by atoms with Crippen LogP contribution in [0.5, 0.6) is 0 Å². The highest BCUT2D eigenvalue weighted by Crippen LogP contribution is 2.24. The fourth-order valence-electron chi connectivity index (χ4n) is 3.91. The maximum absolute atomic E-state index is 12.8. The summed E-state index contributed by atoms with van der Waals surface area (Å²) in [5, 5.41) is 6.56. The summed E-state index contributed by atoms with van der Waals surface area (Å²) in [7, 11) is 0. The number of rotatable bonds is 5. The summed E-state index contributed by atoms with van der Waals surface area (Å²) >= 11 is 0. The Bertz CT molecular complexity index is 1030. The predicted octanol–water partition coefficient (Wildman–Crippen LogP) is 3.41. The lowest BCUT2D eigenvalue weighted by Crippen LogP contribution is -2.34. The molecule has 3 heterocycles. The van der Waals surface area contributed by atoms with Crippen LogP contribution in [-0.4, -0.2) is 56.5 Å². The fraction of sp³-hybridized carbons (Fsp3) is 0.391. The smallest absolute Gasteiger partial charge is 0.253 e. The van der Waals surface area contributed by atoms with Crippen LogP contribution in [-0.2, 0) is 0 Å². The molecule has 1 fully saturated rings. The van der Waals surface area contributed by atoms with Crippen molar-refractivity contribution in [2.24, 2.45) is 0 Å².